The molecule has 1 aliphatic rings. The van der Waals surface area contributed by atoms with E-state index in [2.05, 4.69) is 0 Å². The highest BCUT2D eigenvalue weighted by atomic mass is 32.2. The minimum Gasteiger partial charge on any atom is -0.393 e. The van der Waals surface area contributed by atoms with Crippen molar-refractivity contribution in [3.05, 3.63) is 28.3 Å². The van der Waals surface area contributed by atoms with Crippen molar-refractivity contribution in [3.8, 4) is 0 Å². The molecule has 0 bridgehead atoms. The Morgan fingerprint density at radius 3 is 2.60 bits per heavy atom. The lowest BCUT2D eigenvalue weighted by Crippen LogP contribution is -2.33. The van der Waals surface area contributed by atoms with Crippen LogP contribution in [0.25, 0.3) is 0 Å². The molecule has 1 aromatic rings. The average molecular weight is 299 g/mol. The van der Waals surface area contributed by atoms with Crippen LogP contribution in [-0.2, 0) is 10.0 Å². The second-order valence-corrected chi connectivity index (χ2v) is 6.72. The molecule has 1 aliphatic carbocycles. The van der Waals surface area contributed by atoms with Gasteiger partial charge in [-0.3, -0.25) is 10.1 Å². The Hall–Kier alpha value is -1.67. The first kappa shape index (κ1) is 14.7. The normalized spacial score (nSPS) is 15.5. The lowest BCUT2D eigenvalue weighted by atomic mass is 10.3. The summed E-state index contributed by atoms with van der Waals surface area (Å²) in [5.74, 6) is 0. The maximum atomic E-state index is 12.6. The zero-order chi connectivity index (χ0) is 14.9. The summed E-state index contributed by atoms with van der Waals surface area (Å²) in [5, 5.41) is 10.9. The summed E-state index contributed by atoms with van der Waals surface area (Å²) in [7, 11) is -3.70. The van der Waals surface area contributed by atoms with E-state index < -0.39 is 14.9 Å². The summed E-state index contributed by atoms with van der Waals surface area (Å²) < 4.78 is 26.5. The summed E-state index contributed by atoms with van der Waals surface area (Å²) in [5.41, 5.74) is 5.07. The second kappa shape index (κ2) is 5.37. The number of rotatable bonds is 6. The maximum Gasteiger partial charge on any atom is 0.293 e. The Balaban J connectivity index is 2.42. The van der Waals surface area contributed by atoms with E-state index in [4.69, 9.17) is 5.73 Å². The van der Waals surface area contributed by atoms with Crippen LogP contribution in [0.2, 0.25) is 0 Å². The molecule has 20 heavy (non-hydrogen) atoms. The van der Waals surface area contributed by atoms with Gasteiger partial charge in [-0.05, 0) is 31.4 Å². The molecule has 2 N–H and O–H groups in total. The monoisotopic (exact) mass is 299 g/mol. The minimum absolute atomic E-state index is 0.0246. The lowest BCUT2D eigenvalue weighted by Gasteiger charge is -2.21. The van der Waals surface area contributed by atoms with Gasteiger partial charge in [-0.2, -0.15) is 4.31 Å². The van der Waals surface area contributed by atoms with E-state index in [1.165, 1.54) is 16.4 Å². The lowest BCUT2D eigenvalue weighted by molar-refractivity contribution is -0.384. The van der Waals surface area contributed by atoms with Crippen molar-refractivity contribution >= 4 is 21.4 Å². The van der Waals surface area contributed by atoms with Crippen molar-refractivity contribution in [1.82, 2.24) is 4.31 Å². The molecule has 1 fully saturated rings. The molecule has 0 atom stereocenters. The Bertz CT molecular complexity index is 626. The van der Waals surface area contributed by atoms with Crippen LogP contribution >= 0.6 is 0 Å². The smallest absolute Gasteiger partial charge is 0.293 e. The number of hydrogen-bond donors (Lipinski definition) is 1. The van der Waals surface area contributed by atoms with Crippen LogP contribution in [0.4, 0.5) is 11.4 Å². The summed E-state index contributed by atoms with van der Waals surface area (Å²) in [6.45, 7) is 2.32. The van der Waals surface area contributed by atoms with Gasteiger partial charge in [0.15, 0.2) is 0 Å². The number of nitro groups is 1. The van der Waals surface area contributed by atoms with Gasteiger partial charge in [0.1, 0.15) is 5.69 Å². The fourth-order valence-electron chi connectivity index (χ4n) is 2.06. The van der Waals surface area contributed by atoms with E-state index in [1.54, 1.807) is 0 Å². The summed E-state index contributed by atoms with van der Waals surface area (Å²) >= 11 is 0. The topological polar surface area (TPSA) is 107 Å². The molecule has 0 aliphatic heterocycles. The van der Waals surface area contributed by atoms with Crippen LogP contribution in [-0.4, -0.2) is 30.2 Å². The van der Waals surface area contributed by atoms with Gasteiger partial charge in [0.05, 0.1) is 9.82 Å². The third-order valence-electron chi connectivity index (χ3n) is 3.20. The van der Waals surface area contributed by atoms with Crippen molar-refractivity contribution in [2.75, 3.05) is 12.3 Å². The van der Waals surface area contributed by atoms with Crippen LogP contribution in [0.1, 0.15) is 26.2 Å². The molecule has 0 amide bonds. The third kappa shape index (κ3) is 2.75. The van der Waals surface area contributed by atoms with Gasteiger partial charge in [0.2, 0.25) is 10.0 Å². The van der Waals surface area contributed by atoms with Gasteiger partial charge >= 0.3 is 0 Å². The van der Waals surface area contributed by atoms with E-state index in [0.717, 1.165) is 18.9 Å². The molecule has 1 aromatic carbocycles. The fourth-order valence-corrected chi connectivity index (χ4v) is 3.86. The molecule has 0 heterocycles. The Kier molecular flexibility index (Phi) is 3.96. The van der Waals surface area contributed by atoms with E-state index in [0.29, 0.717) is 13.0 Å². The molecule has 7 nitrogen and oxygen atoms in total. The number of hydrogen-bond acceptors (Lipinski definition) is 5. The van der Waals surface area contributed by atoms with Crippen molar-refractivity contribution in [2.45, 2.75) is 37.1 Å². The van der Waals surface area contributed by atoms with E-state index in [-0.39, 0.29) is 22.3 Å². The van der Waals surface area contributed by atoms with E-state index in [9.17, 15) is 18.5 Å². The van der Waals surface area contributed by atoms with Crippen LogP contribution in [0.15, 0.2) is 23.1 Å². The molecule has 2 rings (SSSR count). The first-order valence-electron chi connectivity index (χ1n) is 6.43. The fraction of sp³-hybridized carbons (Fsp3) is 0.500. The van der Waals surface area contributed by atoms with E-state index in [1.807, 2.05) is 6.92 Å². The third-order valence-corrected chi connectivity index (χ3v) is 5.15. The number of nitrogens with two attached hydrogens (primary N) is 1. The Morgan fingerprint density at radius 1 is 1.45 bits per heavy atom. The molecule has 0 spiro atoms. The SMILES string of the molecule is CCCN(C1CC1)S(=O)(=O)c1ccc(N)c([N+](=O)[O-])c1. The van der Waals surface area contributed by atoms with Gasteiger partial charge in [-0.25, -0.2) is 8.42 Å². The van der Waals surface area contributed by atoms with Gasteiger partial charge < -0.3 is 5.73 Å². The second-order valence-electron chi connectivity index (χ2n) is 4.82. The average Bonchev–Trinajstić information content (AvgIpc) is 3.19. The Morgan fingerprint density at radius 2 is 2.10 bits per heavy atom. The largest absolute Gasteiger partial charge is 0.393 e. The first-order valence-corrected chi connectivity index (χ1v) is 7.87. The van der Waals surface area contributed by atoms with Crippen molar-refractivity contribution < 1.29 is 13.3 Å². The number of nitrogen functional groups attached to an aromatic ring is 1. The molecule has 0 saturated heterocycles. The Labute approximate surface area is 117 Å². The highest BCUT2D eigenvalue weighted by Gasteiger charge is 2.38. The molecular weight excluding hydrogens is 282 g/mol. The predicted octanol–water partition coefficient (Wildman–Crippen LogP) is 1.74. The number of benzene rings is 1. The van der Waals surface area contributed by atoms with E-state index >= 15 is 0 Å². The van der Waals surface area contributed by atoms with Crippen LogP contribution in [0, 0.1) is 10.1 Å². The standard InChI is InChI=1S/C12H17N3O4S/c1-2-7-14(9-3-4-9)20(18,19)10-5-6-11(13)12(8-10)15(16)17/h5-6,8-9H,2-4,7,13H2,1H3. The zero-order valence-electron chi connectivity index (χ0n) is 11.2. The summed E-state index contributed by atoms with van der Waals surface area (Å²) in [6.07, 6.45) is 2.39. The van der Waals surface area contributed by atoms with Gasteiger partial charge in [-0.15, -0.1) is 0 Å². The van der Waals surface area contributed by atoms with Gasteiger partial charge in [0.25, 0.3) is 5.69 Å². The number of nitrogens with zero attached hydrogens (tertiary/aromatic N) is 2. The summed E-state index contributed by atoms with van der Waals surface area (Å²) in [4.78, 5) is 10.1. The molecule has 1 saturated carbocycles. The first-order chi connectivity index (χ1) is 9.37. The summed E-state index contributed by atoms with van der Waals surface area (Å²) in [6, 6.07) is 3.65. The highest BCUT2D eigenvalue weighted by molar-refractivity contribution is 7.89. The van der Waals surface area contributed by atoms with Crippen molar-refractivity contribution in [3.63, 3.8) is 0 Å². The molecule has 0 unspecified atom stereocenters. The molecule has 110 valence electrons. The van der Waals surface area contributed by atoms with Crippen molar-refractivity contribution in [2.24, 2.45) is 0 Å². The number of sulfonamides is 1. The predicted molar refractivity (Wildman–Crippen MR) is 74.7 cm³/mol. The van der Waals surface area contributed by atoms with Crippen LogP contribution in [0.3, 0.4) is 0 Å². The zero-order valence-corrected chi connectivity index (χ0v) is 12.0. The quantitative estimate of drug-likeness (QED) is 0.489. The number of anilines is 1. The molecular formula is C12H17N3O4S. The molecule has 0 radical (unpaired) electrons. The molecule has 0 aromatic heterocycles. The number of nitro benzene ring substituents is 1. The molecule has 8 heteroatoms. The van der Waals surface area contributed by atoms with Crippen LogP contribution in [0.5, 0.6) is 0 Å². The highest BCUT2D eigenvalue weighted by Crippen LogP contribution is 2.34. The van der Waals surface area contributed by atoms with Crippen LogP contribution < -0.4 is 5.73 Å². The van der Waals surface area contributed by atoms with Gasteiger partial charge in [0, 0.05) is 18.7 Å². The minimum atomic E-state index is -3.70. The van der Waals surface area contributed by atoms with Crippen molar-refractivity contribution in [1.29, 1.82) is 0 Å². The van der Waals surface area contributed by atoms with Gasteiger partial charge in [-0.1, -0.05) is 6.92 Å². The maximum absolute atomic E-state index is 12.6.